The van der Waals surface area contributed by atoms with Gasteiger partial charge >= 0.3 is 0 Å². The molecule has 1 N–H and O–H groups in total. The van der Waals surface area contributed by atoms with Gasteiger partial charge in [-0.05, 0) is 51.7 Å². The smallest absolute Gasteiger partial charge is 0.290 e. The van der Waals surface area contributed by atoms with Crippen LogP contribution in [-0.2, 0) is 9.53 Å². The Labute approximate surface area is 163 Å². The van der Waals surface area contributed by atoms with Crippen molar-refractivity contribution in [3.63, 3.8) is 0 Å². The number of aliphatic hydroxyl groups is 1. The molecule has 2 heterocycles. The fourth-order valence-electron chi connectivity index (χ4n) is 2.84. The van der Waals surface area contributed by atoms with E-state index in [-0.39, 0.29) is 17.9 Å². The quantitative estimate of drug-likeness (QED) is 0.519. The lowest BCUT2D eigenvalue weighted by Crippen LogP contribution is -2.33. The lowest BCUT2D eigenvalue weighted by molar-refractivity contribution is -0.130. The molecule has 0 saturated carbocycles. The summed E-state index contributed by atoms with van der Waals surface area (Å²) < 4.78 is 6.13. The molecule has 0 radical (unpaired) electrons. The van der Waals surface area contributed by atoms with Gasteiger partial charge in [0.25, 0.3) is 5.91 Å². The van der Waals surface area contributed by atoms with Crippen molar-refractivity contribution in [1.82, 2.24) is 4.90 Å². The van der Waals surface area contributed by atoms with Crippen LogP contribution in [0, 0.1) is 3.57 Å². The van der Waals surface area contributed by atoms with Gasteiger partial charge in [0.15, 0.2) is 5.76 Å². The SMILES string of the molecule is COCCN1C(=O)C(O)=C(C(=O)c2cccs2)[C@H]1c1ccc(I)cc1. The largest absolute Gasteiger partial charge is 0.503 e. The number of Topliss-reactive ketones (excluding diaryl/α,β-unsaturated/α-hetero) is 1. The minimum absolute atomic E-state index is 0.129. The maximum absolute atomic E-state index is 12.9. The molecule has 2 aromatic rings. The molecule has 0 unspecified atom stereocenters. The number of hydrogen-bond donors (Lipinski definition) is 1. The van der Waals surface area contributed by atoms with Crippen molar-refractivity contribution < 1.29 is 19.4 Å². The lowest BCUT2D eigenvalue weighted by atomic mass is 9.95. The summed E-state index contributed by atoms with van der Waals surface area (Å²) in [6.07, 6.45) is 0. The van der Waals surface area contributed by atoms with Gasteiger partial charge in [-0.2, -0.15) is 0 Å². The molecule has 130 valence electrons. The van der Waals surface area contributed by atoms with Crippen LogP contribution in [0.15, 0.2) is 53.1 Å². The van der Waals surface area contributed by atoms with E-state index in [0.29, 0.717) is 11.5 Å². The number of carbonyl (C=O) groups is 2. The van der Waals surface area contributed by atoms with Gasteiger partial charge in [-0.25, -0.2) is 0 Å². The number of halogens is 1. The number of aliphatic hydroxyl groups excluding tert-OH is 1. The highest BCUT2D eigenvalue weighted by Gasteiger charge is 2.43. The predicted octanol–water partition coefficient (Wildman–Crippen LogP) is 3.58. The van der Waals surface area contributed by atoms with Crippen molar-refractivity contribution in [1.29, 1.82) is 0 Å². The molecule has 5 nitrogen and oxygen atoms in total. The summed E-state index contributed by atoms with van der Waals surface area (Å²) in [4.78, 5) is 27.5. The predicted molar refractivity (Wildman–Crippen MR) is 104 cm³/mol. The third kappa shape index (κ3) is 3.49. The molecule has 1 atom stereocenters. The summed E-state index contributed by atoms with van der Waals surface area (Å²) in [5, 5.41) is 12.2. The van der Waals surface area contributed by atoms with Gasteiger partial charge < -0.3 is 14.7 Å². The van der Waals surface area contributed by atoms with E-state index in [1.54, 1.807) is 24.6 Å². The van der Waals surface area contributed by atoms with Crippen molar-refractivity contribution in [3.8, 4) is 0 Å². The van der Waals surface area contributed by atoms with Crippen LogP contribution in [0.4, 0.5) is 0 Å². The molecule has 0 bridgehead atoms. The first-order valence-electron chi connectivity index (χ1n) is 7.61. The third-order valence-electron chi connectivity index (χ3n) is 4.02. The molecule has 0 saturated heterocycles. The normalized spacial score (nSPS) is 17.4. The number of thiophene rings is 1. The molecular weight excluding hydrogens is 453 g/mol. The number of carbonyl (C=O) groups excluding carboxylic acids is 2. The topological polar surface area (TPSA) is 66.8 Å². The zero-order chi connectivity index (χ0) is 18.0. The summed E-state index contributed by atoms with van der Waals surface area (Å²) in [5.41, 5.74) is 0.915. The van der Waals surface area contributed by atoms with E-state index in [9.17, 15) is 14.7 Å². The van der Waals surface area contributed by atoms with Crippen molar-refractivity contribution in [2.24, 2.45) is 0 Å². The Hall–Kier alpha value is -1.71. The second kappa shape index (κ2) is 7.67. The van der Waals surface area contributed by atoms with Gasteiger partial charge in [-0.1, -0.05) is 18.2 Å². The standard InChI is InChI=1S/C18H16INO4S/c1-24-9-8-20-15(11-4-6-12(19)7-5-11)14(17(22)18(20)23)16(21)13-3-2-10-25-13/h2-7,10,15,22H,8-9H2,1H3/t15-/m1/s1. The molecule has 1 aromatic carbocycles. The Morgan fingerprint density at radius 1 is 1.32 bits per heavy atom. The number of benzene rings is 1. The van der Waals surface area contributed by atoms with Gasteiger partial charge in [0, 0.05) is 17.2 Å². The van der Waals surface area contributed by atoms with Gasteiger partial charge in [0.2, 0.25) is 5.78 Å². The van der Waals surface area contributed by atoms with E-state index in [1.165, 1.54) is 16.2 Å². The maximum Gasteiger partial charge on any atom is 0.290 e. The number of rotatable bonds is 6. The fourth-order valence-corrected chi connectivity index (χ4v) is 3.88. The minimum atomic E-state index is -0.616. The zero-order valence-electron chi connectivity index (χ0n) is 13.4. The number of ether oxygens (including phenoxy) is 1. The van der Waals surface area contributed by atoms with Gasteiger partial charge in [-0.3, -0.25) is 9.59 Å². The third-order valence-corrected chi connectivity index (χ3v) is 5.60. The van der Waals surface area contributed by atoms with Crippen molar-refractivity contribution in [2.45, 2.75) is 6.04 Å². The summed E-state index contributed by atoms with van der Waals surface area (Å²) in [5.74, 6) is -1.33. The van der Waals surface area contributed by atoms with Crippen molar-refractivity contribution >= 4 is 45.6 Å². The van der Waals surface area contributed by atoms with E-state index in [4.69, 9.17) is 4.74 Å². The number of methoxy groups -OCH3 is 1. The van der Waals surface area contributed by atoms with Crippen LogP contribution < -0.4 is 0 Å². The molecule has 1 aromatic heterocycles. The fraction of sp³-hybridized carbons (Fsp3) is 0.222. The average molecular weight is 469 g/mol. The van der Waals surface area contributed by atoms with Crippen LogP contribution in [-0.4, -0.2) is 42.0 Å². The van der Waals surface area contributed by atoms with E-state index < -0.39 is 17.7 Å². The molecule has 0 spiro atoms. The van der Waals surface area contributed by atoms with Crippen LogP contribution in [0.2, 0.25) is 0 Å². The second-order valence-corrected chi connectivity index (χ2v) is 7.71. The molecular formula is C18H16INO4S. The molecule has 0 fully saturated rings. The number of nitrogens with zero attached hydrogens (tertiary/aromatic N) is 1. The second-order valence-electron chi connectivity index (χ2n) is 5.51. The first kappa shape index (κ1) is 18.1. The first-order valence-corrected chi connectivity index (χ1v) is 9.57. The number of amides is 1. The molecule has 25 heavy (non-hydrogen) atoms. The zero-order valence-corrected chi connectivity index (χ0v) is 16.4. The van der Waals surface area contributed by atoms with Crippen molar-refractivity contribution in [2.75, 3.05) is 20.3 Å². The van der Waals surface area contributed by atoms with Crippen LogP contribution in [0.5, 0.6) is 0 Å². The van der Waals surface area contributed by atoms with Gasteiger partial charge in [0.05, 0.1) is 23.1 Å². The Morgan fingerprint density at radius 2 is 2.04 bits per heavy atom. The van der Waals surface area contributed by atoms with Crippen LogP contribution in [0.3, 0.4) is 0 Å². The molecule has 7 heteroatoms. The van der Waals surface area contributed by atoms with Gasteiger partial charge in [-0.15, -0.1) is 11.3 Å². The monoisotopic (exact) mass is 469 g/mol. The first-order chi connectivity index (χ1) is 12.0. The van der Waals surface area contributed by atoms with E-state index >= 15 is 0 Å². The minimum Gasteiger partial charge on any atom is -0.503 e. The molecule has 0 aliphatic carbocycles. The average Bonchev–Trinajstić information content (AvgIpc) is 3.22. The highest BCUT2D eigenvalue weighted by molar-refractivity contribution is 14.1. The Morgan fingerprint density at radius 3 is 2.64 bits per heavy atom. The highest BCUT2D eigenvalue weighted by Crippen LogP contribution is 2.39. The summed E-state index contributed by atoms with van der Waals surface area (Å²) in [6.45, 7) is 0.609. The van der Waals surface area contributed by atoms with Crippen LogP contribution >= 0.6 is 33.9 Å². The van der Waals surface area contributed by atoms with Gasteiger partial charge in [0.1, 0.15) is 0 Å². The number of ketones is 1. The Balaban J connectivity index is 2.06. The molecule has 1 aliphatic rings. The van der Waals surface area contributed by atoms with E-state index in [0.717, 1.165) is 9.13 Å². The van der Waals surface area contributed by atoms with E-state index in [1.807, 2.05) is 24.3 Å². The summed E-state index contributed by atoms with van der Waals surface area (Å²) in [6, 6.07) is 10.4. The molecule has 3 rings (SSSR count). The van der Waals surface area contributed by atoms with Crippen molar-refractivity contribution in [3.05, 3.63) is 67.1 Å². The maximum atomic E-state index is 12.9. The number of hydrogen-bond acceptors (Lipinski definition) is 5. The Kier molecular flexibility index (Phi) is 5.55. The summed E-state index contributed by atoms with van der Waals surface area (Å²) >= 11 is 3.49. The summed E-state index contributed by atoms with van der Waals surface area (Å²) in [7, 11) is 1.55. The molecule has 1 aliphatic heterocycles. The molecule has 1 amide bonds. The van der Waals surface area contributed by atoms with Crippen LogP contribution in [0.25, 0.3) is 0 Å². The Bertz CT molecular complexity index is 814. The highest BCUT2D eigenvalue weighted by atomic mass is 127. The van der Waals surface area contributed by atoms with Crippen LogP contribution in [0.1, 0.15) is 21.3 Å². The lowest BCUT2D eigenvalue weighted by Gasteiger charge is -2.26. The van der Waals surface area contributed by atoms with E-state index in [2.05, 4.69) is 22.6 Å².